The van der Waals surface area contributed by atoms with E-state index in [1.807, 2.05) is 0 Å². The van der Waals surface area contributed by atoms with Gasteiger partial charge in [0.2, 0.25) is 5.12 Å². The first-order valence-electron chi connectivity index (χ1n) is 8.38. The van der Waals surface area contributed by atoms with Crippen LogP contribution in [0.25, 0.3) is 0 Å². The second kappa shape index (κ2) is 9.89. The van der Waals surface area contributed by atoms with Gasteiger partial charge in [-0.1, -0.05) is 26.2 Å². The maximum atomic E-state index is 12.1. The molecule has 0 unspecified atom stereocenters. The van der Waals surface area contributed by atoms with Crippen LogP contribution in [0.3, 0.4) is 0 Å². The number of benzene rings is 2. The molecule has 0 spiro atoms. The van der Waals surface area contributed by atoms with Crippen molar-refractivity contribution in [2.24, 2.45) is 0 Å². The van der Waals surface area contributed by atoms with Crippen LogP contribution in [0.4, 0.5) is 0 Å². The summed E-state index contributed by atoms with van der Waals surface area (Å²) in [5.41, 5.74) is 0.885. The molecule has 4 nitrogen and oxygen atoms in total. The molecule has 0 fully saturated rings. The highest BCUT2D eigenvalue weighted by Gasteiger charge is 2.09. The minimum absolute atomic E-state index is 0.330. The van der Waals surface area contributed by atoms with Gasteiger partial charge in [0.15, 0.2) is 0 Å². The van der Waals surface area contributed by atoms with Gasteiger partial charge in [-0.3, -0.25) is 4.79 Å². The number of unbranched alkanes of at least 4 members (excludes halogenated alkanes) is 3. The molecule has 0 amide bonds. The van der Waals surface area contributed by atoms with Crippen molar-refractivity contribution in [3.63, 3.8) is 0 Å². The van der Waals surface area contributed by atoms with Crippen molar-refractivity contribution in [1.29, 1.82) is 0 Å². The molecule has 2 rings (SSSR count). The van der Waals surface area contributed by atoms with Gasteiger partial charge in [-0.05, 0) is 55.0 Å². The lowest BCUT2D eigenvalue weighted by molar-refractivity contribution is 0.0734. The molecule has 0 atom stereocenters. The molecule has 0 saturated heterocycles. The normalized spacial score (nSPS) is 10.3. The Morgan fingerprint density at radius 3 is 2.04 bits per heavy atom. The summed E-state index contributed by atoms with van der Waals surface area (Å²) >= 11 is 3.74. The zero-order chi connectivity index (χ0) is 18.1. The highest BCUT2D eigenvalue weighted by atomic mass is 32.1. The number of hydrogen-bond acceptors (Lipinski definition) is 4. The average Bonchev–Trinajstić information content (AvgIpc) is 2.62. The van der Waals surface area contributed by atoms with E-state index < -0.39 is 5.97 Å². The van der Waals surface area contributed by atoms with E-state index in [1.54, 1.807) is 48.5 Å². The highest BCUT2D eigenvalue weighted by molar-refractivity contribution is 7.97. The van der Waals surface area contributed by atoms with Gasteiger partial charge >= 0.3 is 5.97 Å². The van der Waals surface area contributed by atoms with Crippen molar-refractivity contribution >= 4 is 23.7 Å². The fourth-order valence-corrected chi connectivity index (χ4v) is 2.39. The minimum atomic E-state index is -0.459. The van der Waals surface area contributed by atoms with E-state index in [9.17, 15) is 9.59 Å². The summed E-state index contributed by atoms with van der Waals surface area (Å²) in [4.78, 5) is 23.2. The first-order valence-corrected chi connectivity index (χ1v) is 8.83. The van der Waals surface area contributed by atoms with Gasteiger partial charge in [0.1, 0.15) is 11.5 Å². The van der Waals surface area contributed by atoms with Crippen LogP contribution in [0.5, 0.6) is 11.5 Å². The van der Waals surface area contributed by atoms with Crippen LogP contribution >= 0.6 is 12.6 Å². The third kappa shape index (κ3) is 6.27. The van der Waals surface area contributed by atoms with Crippen molar-refractivity contribution in [3.05, 3.63) is 59.7 Å². The second-order valence-electron chi connectivity index (χ2n) is 5.65. The smallest absolute Gasteiger partial charge is 0.343 e. The van der Waals surface area contributed by atoms with E-state index in [-0.39, 0.29) is 5.12 Å². The summed E-state index contributed by atoms with van der Waals surface area (Å²) in [5.74, 6) is 0.656. The standard InChI is InChI=1S/C20H22O4S/c1-2-3-4-5-14-23-17-10-6-15(7-11-17)19(21)24-18-12-8-16(9-13-18)20(22)25/h6-13H,2-5,14H2,1H3,(H,22,25). The third-order valence-electron chi connectivity index (χ3n) is 3.67. The zero-order valence-corrected chi connectivity index (χ0v) is 15.1. The fourth-order valence-electron chi connectivity index (χ4n) is 2.24. The van der Waals surface area contributed by atoms with E-state index >= 15 is 0 Å². The Balaban J connectivity index is 1.86. The van der Waals surface area contributed by atoms with E-state index in [4.69, 9.17) is 9.47 Å². The molecule has 0 aliphatic rings. The molecule has 0 saturated carbocycles. The maximum Gasteiger partial charge on any atom is 0.343 e. The summed E-state index contributed by atoms with van der Waals surface area (Å²) in [6.07, 6.45) is 4.61. The predicted octanol–water partition coefficient (Wildman–Crippen LogP) is 4.93. The van der Waals surface area contributed by atoms with Crippen molar-refractivity contribution in [3.8, 4) is 11.5 Å². The molecule has 0 N–H and O–H groups in total. The number of rotatable bonds is 9. The summed E-state index contributed by atoms with van der Waals surface area (Å²) in [6, 6.07) is 13.1. The van der Waals surface area contributed by atoms with E-state index in [0.29, 0.717) is 23.5 Å². The molecule has 0 aliphatic heterocycles. The van der Waals surface area contributed by atoms with Crippen molar-refractivity contribution in [2.45, 2.75) is 32.6 Å². The fraction of sp³-hybridized carbons (Fsp3) is 0.300. The van der Waals surface area contributed by atoms with Gasteiger partial charge in [0.25, 0.3) is 0 Å². The van der Waals surface area contributed by atoms with E-state index in [2.05, 4.69) is 19.6 Å². The van der Waals surface area contributed by atoms with Crippen LogP contribution < -0.4 is 9.47 Å². The summed E-state index contributed by atoms with van der Waals surface area (Å²) < 4.78 is 10.9. The third-order valence-corrected chi connectivity index (χ3v) is 3.93. The van der Waals surface area contributed by atoms with Gasteiger partial charge in [-0.2, -0.15) is 0 Å². The number of carbonyl (C=O) groups is 2. The molecule has 5 heteroatoms. The van der Waals surface area contributed by atoms with E-state index in [0.717, 1.165) is 12.2 Å². The topological polar surface area (TPSA) is 52.6 Å². The Morgan fingerprint density at radius 2 is 1.44 bits per heavy atom. The van der Waals surface area contributed by atoms with Crippen LogP contribution in [0, 0.1) is 0 Å². The minimum Gasteiger partial charge on any atom is -0.494 e. The molecule has 0 heterocycles. The van der Waals surface area contributed by atoms with Crippen LogP contribution in [0.1, 0.15) is 53.3 Å². The Bertz CT molecular complexity index is 693. The Hall–Kier alpha value is -2.27. The van der Waals surface area contributed by atoms with Crippen molar-refractivity contribution in [2.75, 3.05) is 6.61 Å². The van der Waals surface area contributed by atoms with Crippen LogP contribution in [0.2, 0.25) is 0 Å². The summed E-state index contributed by atoms with van der Waals surface area (Å²) in [7, 11) is 0. The molecular formula is C20H22O4S. The molecule has 2 aromatic carbocycles. The number of carbonyl (C=O) groups excluding carboxylic acids is 2. The van der Waals surface area contributed by atoms with Crippen molar-refractivity contribution in [1.82, 2.24) is 0 Å². The summed E-state index contributed by atoms with van der Waals surface area (Å²) in [6.45, 7) is 2.85. The first-order chi connectivity index (χ1) is 12.1. The zero-order valence-electron chi connectivity index (χ0n) is 14.2. The second-order valence-corrected chi connectivity index (χ2v) is 6.06. The largest absolute Gasteiger partial charge is 0.494 e. The molecule has 0 aromatic heterocycles. The lowest BCUT2D eigenvalue weighted by Crippen LogP contribution is -2.08. The van der Waals surface area contributed by atoms with Crippen LogP contribution in [-0.2, 0) is 0 Å². The lowest BCUT2D eigenvalue weighted by Gasteiger charge is -2.08. The molecule has 0 radical (unpaired) electrons. The monoisotopic (exact) mass is 358 g/mol. The van der Waals surface area contributed by atoms with Gasteiger partial charge < -0.3 is 9.47 Å². The number of hydrogen-bond donors (Lipinski definition) is 1. The van der Waals surface area contributed by atoms with E-state index in [1.165, 1.54) is 19.3 Å². The average molecular weight is 358 g/mol. The van der Waals surface area contributed by atoms with Gasteiger partial charge in [-0.15, -0.1) is 12.6 Å². The first kappa shape index (κ1) is 19.1. The lowest BCUT2D eigenvalue weighted by atomic mass is 10.2. The van der Waals surface area contributed by atoms with Crippen LogP contribution in [0.15, 0.2) is 48.5 Å². The molecule has 2 aromatic rings. The van der Waals surface area contributed by atoms with Gasteiger partial charge in [0.05, 0.1) is 12.2 Å². The maximum absolute atomic E-state index is 12.1. The van der Waals surface area contributed by atoms with Gasteiger partial charge in [0, 0.05) is 5.56 Å². The highest BCUT2D eigenvalue weighted by Crippen LogP contribution is 2.17. The number of esters is 1. The number of ether oxygens (including phenoxy) is 2. The Labute approximate surface area is 153 Å². The van der Waals surface area contributed by atoms with Gasteiger partial charge in [-0.25, -0.2) is 4.79 Å². The Kier molecular flexibility index (Phi) is 7.54. The molecule has 0 bridgehead atoms. The Morgan fingerprint density at radius 1 is 0.840 bits per heavy atom. The quantitative estimate of drug-likeness (QED) is 0.299. The molecule has 0 aliphatic carbocycles. The van der Waals surface area contributed by atoms with Crippen molar-refractivity contribution < 1.29 is 19.1 Å². The molecule has 132 valence electrons. The number of thiol groups is 1. The molecule has 25 heavy (non-hydrogen) atoms. The SMILES string of the molecule is CCCCCCOc1ccc(C(=O)Oc2ccc(C(=O)S)cc2)cc1. The molecular weight excluding hydrogens is 336 g/mol. The van der Waals surface area contributed by atoms with Crippen LogP contribution in [-0.4, -0.2) is 17.7 Å². The summed E-state index contributed by atoms with van der Waals surface area (Å²) in [5, 5.41) is -0.330. The predicted molar refractivity (Wildman–Crippen MR) is 101 cm³/mol.